The summed E-state index contributed by atoms with van der Waals surface area (Å²) in [7, 11) is 0. The molecule has 0 bridgehead atoms. The first-order valence-electron chi connectivity index (χ1n) is 7.03. The van der Waals surface area contributed by atoms with Gasteiger partial charge in [-0.25, -0.2) is 0 Å². The van der Waals surface area contributed by atoms with Gasteiger partial charge in [-0.1, -0.05) is 20.8 Å². The highest BCUT2D eigenvalue weighted by atomic mass is 16.4. The minimum absolute atomic E-state index is 0.322. The molecule has 2 atom stereocenters. The van der Waals surface area contributed by atoms with Crippen LogP contribution in [0.25, 0.3) is 0 Å². The fourth-order valence-corrected chi connectivity index (χ4v) is 2.92. The van der Waals surface area contributed by atoms with E-state index in [0.29, 0.717) is 24.3 Å². The van der Waals surface area contributed by atoms with E-state index < -0.39 is 12.0 Å². The normalized spacial score (nSPS) is 24.6. The minimum Gasteiger partial charge on any atom is -0.480 e. The van der Waals surface area contributed by atoms with Gasteiger partial charge in [-0.3, -0.25) is 9.69 Å². The van der Waals surface area contributed by atoms with Crippen LogP contribution in [0.3, 0.4) is 0 Å². The summed E-state index contributed by atoms with van der Waals surface area (Å²) >= 11 is 0. The maximum absolute atomic E-state index is 11.3. The van der Waals surface area contributed by atoms with Crippen molar-refractivity contribution in [2.45, 2.75) is 52.5 Å². The Labute approximate surface area is 111 Å². The zero-order valence-electron chi connectivity index (χ0n) is 12.0. The molecule has 1 aliphatic heterocycles. The molecule has 4 nitrogen and oxygen atoms in total. The molecule has 106 valence electrons. The van der Waals surface area contributed by atoms with Gasteiger partial charge in [0.15, 0.2) is 0 Å². The molecule has 1 fully saturated rings. The molecule has 0 spiro atoms. The lowest BCUT2D eigenvalue weighted by atomic mass is 9.77. The lowest BCUT2D eigenvalue weighted by Gasteiger charge is -2.30. The number of nitrogens with zero attached hydrogens (tertiary/aromatic N) is 1. The minimum atomic E-state index is -0.727. The average molecular weight is 256 g/mol. The number of aliphatic carboxylic acids is 1. The largest absolute Gasteiger partial charge is 0.480 e. The van der Waals surface area contributed by atoms with E-state index >= 15 is 0 Å². The van der Waals surface area contributed by atoms with Crippen LogP contribution in [0.1, 0.15) is 46.5 Å². The smallest absolute Gasteiger partial charge is 0.320 e. The summed E-state index contributed by atoms with van der Waals surface area (Å²) in [5, 5.41) is 9.28. The number of nitrogens with two attached hydrogens (primary N) is 1. The van der Waals surface area contributed by atoms with Gasteiger partial charge in [-0.15, -0.1) is 0 Å². The first-order valence-corrected chi connectivity index (χ1v) is 7.03. The predicted octanol–water partition coefficient (Wildman–Crippen LogP) is 1.94. The van der Waals surface area contributed by atoms with E-state index in [1.807, 2.05) is 0 Å². The molecule has 2 unspecified atom stereocenters. The number of carbonyl (C=O) groups is 1. The Morgan fingerprint density at radius 1 is 1.39 bits per heavy atom. The molecule has 1 heterocycles. The molecule has 0 aromatic heterocycles. The highest BCUT2D eigenvalue weighted by Crippen LogP contribution is 2.34. The molecule has 1 rings (SSSR count). The molecule has 0 radical (unpaired) electrons. The van der Waals surface area contributed by atoms with Gasteiger partial charge in [0.05, 0.1) is 0 Å². The van der Waals surface area contributed by atoms with E-state index in [-0.39, 0.29) is 0 Å². The Kier molecular flexibility index (Phi) is 5.60. The fourth-order valence-electron chi connectivity index (χ4n) is 2.92. The van der Waals surface area contributed by atoms with Crippen LogP contribution < -0.4 is 5.73 Å². The molecule has 0 aromatic rings. The van der Waals surface area contributed by atoms with E-state index in [1.165, 1.54) is 6.42 Å². The maximum Gasteiger partial charge on any atom is 0.320 e. The van der Waals surface area contributed by atoms with Gasteiger partial charge >= 0.3 is 5.97 Å². The summed E-state index contributed by atoms with van der Waals surface area (Å²) in [5.41, 5.74) is 5.84. The second kappa shape index (κ2) is 6.53. The summed E-state index contributed by atoms with van der Waals surface area (Å²) in [4.78, 5) is 13.4. The van der Waals surface area contributed by atoms with E-state index in [1.54, 1.807) is 0 Å². The zero-order chi connectivity index (χ0) is 13.8. The first kappa shape index (κ1) is 15.4. The van der Waals surface area contributed by atoms with Crippen molar-refractivity contribution in [2.24, 2.45) is 17.1 Å². The Hall–Kier alpha value is -0.610. The third-order valence-electron chi connectivity index (χ3n) is 4.15. The second-order valence-electron chi connectivity index (χ2n) is 6.46. The van der Waals surface area contributed by atoms with Gasteiger partial charge in [-0.05, 0) is 56.7 Å². The number of rotatable bonds is 4. The van der Waals surface area contributed by atoms with Crippen LogP contribution >= 0.6 is 0 Å². The Bertz CT molecular complexity index is 273. The van der Waals surface area contributed by atoms with Gasteiger partial charge in [0, 0.05) is 0 Å². The fraction of sp³-hybridized carbons (Fsp3) is 0.929. The van der Waals surface area contributed by atoms with Gasteiger partial charge < -0.3 is 10.8 Å². The van der Waals surface area contributed by atoms with Gasteiger partial charge in [0.1, 0.15) is 6.04 Å². The van der Waals surface area contributed by atoms with Crippen molar-refractivity contribution >= 4 is 5.97 Å². The van der Waals surface area contributed by atoms with Crippen molar-refractivity contribution in [3.63, 3.8) is 0 Å². The van der Waals surface area contributed by atoms with Crippen LogP contribution in [0.15, 0.2) is 0 Å². The first-order chi connectivity index (χ1) is 8.36. The standard InChI is InChI=1S/C14H28N2O2/c1-14(2,3)11-5-4-9-16(10-7-11)12(6-8-15)13(17)18/h11-12H,4-10,15H2,1-3H3,(H,17,18). The molecule has 18 heavy (non-hydrogen) atoms. The lowest BCUT2D eigenvalue weighted by Crippen LogP contribution is -2.43. The van der Waals surface area contributed by atoms with Crippen LogP contribution in [-0.4, -0.2) is 41.7 Å². The quantitative estimate of drug-likeness (QED) is 0.806. The van der Waals surface area contributed by atoms with Gasteiger partial charge in [0.2, 0.25) is 0 Å². The van der Waals surface area contributed by atoms with Gasteiger partial charge in [0.25, 0.3) is 0 Å². The van der Waals surface area contributed by atoms with E-state index in [9.17, 15) is 9.90 Å². The third kappa shape index (κ3) is 4.25. The third-order valence-corrected chi connectivity index (χ3v) is 4.15. The molecule has 3 N–H and O–H groups in total. The molecule has 0 aromatic carbocycles. The Morgan fingerprint density at radius 3 is 2.56 bits per heavy atom. The zero-order valence-corrected chi connectivity index (χ0v) is 12.0. The van der Waals surface area contributed by atoms with Crippen molar-refractivity contribution in [2.75, 3.05) is 19.6 Å². The summed E-state index contributed by atoms with van der Waals surface area (Å²) in [6, 6.07) is -0.395. The maximum atomic E-state index is 11.3. The summed E-state index contributed by atoms with van der Waals surface area (Å²) in [6.45, 7) is 9.06. The number of hydrogen-bond acceptors (Lipinski definition) is 3. The monoisotopic (exact) mass is 256 g/mol. The van der Waals surface area contributed by atoms with Gasteiger partial charge in [-0.2, -0.15) is 0 Å². The number of carboxylic acids is 1. The number of carboxylic acid groups (broad SMARTS) is 1. The Morgan fingerprint density at radius 2 is 2.06 bits per heavy atom. The second-order valence-corrected chi connectivity index (χ2v) is 6.46. The Balaban J connectivity index is 2.62. The SMILES string of the molecule is CC(C)(C)C1CCCN(C(CCN)C(=O)O)CC1. The lowest BCUT2D eigenvalue weighted by molar-refractivity contribution is -0.143. The average Bonchev–Trinajstić information content (AvgIpc) is 2.50. The molecule has 1 aliphatic rings. The highest BCUT2D eigenvalue weighted by Gasteiger charge is 2.31. The van der Waals surface area contributed by atoms with Crippen molar-refractivity contribution < 1.29 is 9.90 Å². The van der Waals surface area contributed by atoms with Crippen molar-refractivity contribution in [3.05, 3.63) is 0 Å². The molecule has 4 heteroatoms. The summed E-state index contributed by atoms with van der Waals surface area (Å²) in [6.07, 6.45) is 3.94. The predicted molar refractivity (Wildman–Crippen MR) is 73.5 cm³/mol. The molecule has 1 saturated heterocycles. The van der Waals surface area contributed by atoms with Crippen molar-refractivity contribution in [1.82, 2.24) is 4.90 Å². The topological polar surface area (TPSA) is 66.6 Å². The molecule has 0 amide bonds. The summed E-state index contributed by atoms with van der Waals surface area (Å²) in [5.74, 6) is -0.0375. The number of likely N-dealkylation sites (tertiary alicyclic amines) is 1. The van der Waals surface area contributed by atoms with Crippen LogP contribution in [-0.2, 0) is 4.79 Å². The van der Waals surface area contributed by atoms with E-state index in [0.717, 1.165) is 25.9 Å². The van der Waals surface area contributed by atoms with Crippen molar-refractivity contribution in [3.8, 4) is 0 Å². The van der Waals surface area contributed by atoms with Crippen LogP contribution in [0.5, 0.6) is 0 Å². The van der Waals surface area contributed by atoms with Crippen LogP contribution in [0, 0.1) is 11.3 Å². The molecular weight excluding hydrogens is 228 g/mol. The summed E-state index contributed by atoms with van der Waals surface area (Å²) < 4.78 is 0. The highest BCUT2D eigenvalue weighted by molar-refractivity contribution is 5.73. The molecular formula is C14H28N2O2. The van der Waals surface area contributed by atoms with Crippen LogP contribution in [0.4, 0.5) is 0 Å². The number of hydrogen-bond donors (Lipinski definition) is 2. The van der Waals surface area contributed by atoms with Crippen molar-refractivity contribution in [1.29, 1.82) is 0 Å². The molecule has 0 aliphatic carbocycles. The van der Waals surface area contributed by atoms with E-state index in [4.69, 9.17) is 5.73 Å². The van der Waals surface area contributed by atoms with E-state index in [2.05, 4.69) is 25.7 Å². The molecule has 0 saturated carbocycles. The van der Waals surface area contributed by atoms with Crippen LogP contribution in [0.2, 0.25) is 0 Å².